The third-order valence-electron chi connectivity index (χ3n) is 6.45. The van der Waals surface area contributed by atoms with Gasteiger partial charge in [0.2, 0.25) is 5.89 Å². The third-order valence-corrected chi connectivity index (χ3v) is 6.45. The highest BCUT2D eigenvalue weighted by molar-refractivity contribution is 5.91. The van der Waals surface area contributed by atoms with E-state index >= 15 is 0 Å². The van der Waals surface area contributed by atoms with E-state index in [1.54, 1.807) is 6.92 Å². The van der Waals surface area contributed by atoms with Gasteiger partial charge in [-0.2, -0.15) is 4.98 Å². The van der Waals surface area contributed by atoms with Gasteiger partial charge in [-0.05, 0) is 45.4 Å². The average molecular weight is 387 g/mol. The van der Waals surface area contributed by atoms with Crippen LogP contribution in [0.15, 0.2) is 4.52 Å². The van der Waals surface area contributed by atoms with Crippen LogP contribution < -0.4 is 5.32 Å². The molecule has 28 heavy (non-hydrogen) atoms. The van der Waals surface area contributed by atoms with Gasteiger partial charge in [0.05, 0.1) is 0 Å². The Morgan fingerprint density at radius 1 is 1.07 bits per heavy atom. The van der Waals surface area contributed by atoms with Crippen LogP contribution in [0.2, 0.25) is 0 Å². The fraction of sp³-hybridized carbons (Fsp3) is 0.810. The number of rotatable bonds is 7. The largest absolute Gasteiger partial charge is 0.360 e. The molecule has 1 aromatic rings. The van der Waals surface area contributed by atoms with Gasteiger partial charge in [-0.15, -0.1) is 0 Å². The molecule has 2 saturated carbocycles. The van der Waals surface area contributed by atoms with Gasteiger partial charge in [0.25, 0.3) is 0 Å². The van der Waals surface area contributed by atoms with Crippen LogP contribution in [-0.4, -0.2) is 51.8 Å². The summed E-state index contributed by atoms with van der Waals surface area (Å²) in [5, 5.41) is 24.7. The summed E-state index contributed by atoms with van der Waals surface area (Å²) in [5.74, 6) is 1.98. The molecule has 4 rings (SSSR count). The van der Waals surface area contributed by atoms with Crippen molar-refractivity contribution in [1.82, 2.24) is 20.4 Å². The Morgan fingerprint density at radius 2 is 1.75 bits per heavy atom. The topological polar surface area (TPSA) is 102 Å². The number of piperidine rings is 1. The molecule has 1 aliphatic heterocycles. The molecule has 2 aliphatic carbocycles. The molecule has 1 unspecified atom stereocenters. The minimum atomic E-state index is -0.291. The third kappa shape index (κ3) is 4.80. The van der Waals surface area contributed by atoms with E-state index in [1.807, 2.05) is 0 Å². The molecule has 1 atom stereocenters. The summed E-state index contributed by atoms with van der Waals surface area (Å²) >= 11 is 0. The summed E-state index contributed by atoms with van der Waals surface area (Å²) in [6.07, 6.45) is 11.6. The van der Waals surface area contributed by atoms with Crippen LogP contribution in [0.4, 0.5) is 0 Å². The lowest BCUT2D eigenvalue weighted by Crippen LogP contribution is -2.49. The normalized spacial score (nSPS) is 23.0. The van der Waals surface area contributed by atoms with Crippen molar-refractivity contribution in [2.24, 2.45) is 0 Å². The molecule has 3 aliphatic rings. The minimum Gasteiger partial charge on any atom is -0.360 e. The van der Waals surface area contributed by atoms with Gasteiger partial charge in [0, 0.05) is 43.2 Å². The quantitative estimate of drug-likeness (QED) is 0.488. The van der Waals surface area contributed by atoms with E-state index in [-0.39, 0.29) is 5.92 Å². The molecular formula is C21H34N6O. The summed E-state index contributed by atoms with van der Waals surface area (Å²) in [4.78, 5) is 6.74. The van der Waals surface area contributed by atoms with E-state index < -0.39 is 0 Å². The molecule has 0 amide bonds. The zero-order valence-corrected chi connectivity index (χ0v) is 17.0. The maximum Gasteiger partial charge on any atom is 0.237 e. The number of hydrogen-bond donors (Lipinski definition) is 3. The summed E-state index contributed by atoms with van der Waals surface area (Å²) in [7, 11) is 0. The lowest BCUT2D eigenvalue weighted by Gasteiger charge is -2.37. The first kappa shape index (κ1) is 19.6. The summed E-state index contributed by atoms with van der Waals surface area (Å²) in [5.41, 5.74) is 0.551. The lowest BCUT2D eigenvalue weighted by molar-refractivity contribution is 0.240. The van der Waals surface area contributed by atoms with Gasteiger partial charge in [-0.3, -0.25) is 5.41 Å². The summed E-state index contributed by atoms with van der Waals surface area (Å²) in [6.45, 7) is 3.57. The molecule has 0 spiro atoms. The number of amidine groups is 1. The van der Waals surface area contributed by atoms with Crippen molar-refractivity contribution >= 4 is 11.5 Å². The maximum atomic E-state index is 8.80. The van der Waals surface area contributed by atoms with Crippen molar-refractivity contribution in [2.45, 2.75) is 95.1 Å². The smallest absolute Gasteiger partial charge is 0.237 e. The highest BCUT2D eigenvalue weighted by atomic mass is 16.5. The van der Waals surface area contributed by atoms with Gasteiger partial charge in [0.1, 0.15) is 11.8 Å². The predicted molar refractivity (Wildman–Crippen MR) is 109 cm³/mol. The zero-order valence-electron chi connectivity index (χ0n) is 17.0. The Bertz CT molecular complexity index is 683. The molecule has 0 aromatic carbocycles. The molecule has 2 heterocycles. The highest BCUT2D eigenvalue weighted by Crippen LogP contribution is 2.39. The highest BCUT2D eigenvalue weighted by Gasteiger charge is 2.34. The van der Waals surface area contributed by atoms with Crippen molar-refractivity contribution in [1.29, 1.82) is 10.8 Å². The first-order valence-corrected chi connectivity index (χ1v) is 11.1. The van der Waals surface area contributed by atoms with Gasteiger partial charge >= 0.3 is 0 Å². The standard InChI is InChI=1S/C21H34N6O/c1-14(22)13-18(21-25-20(26-28-21)15-7-8-15)19(23)27-11-9-17(10-12-27)24-16-5-3-2-4-6-16/h15-18,22-24H,2-13H2,1H3. The van der Waals surface area contributed by atoms with Crippen LogP contribution in [0.25, 0.3) is 0 Å². The minimum absolute atomic E-state index is 0.291. The van der Waals surface area contributed by atoms with E-state index in [4.69, 9.17) is 15.3 Å². The number of nitrogens with one attached hydrogen (secondary N) is 3. The Balaban J connectivity index is 1.34. The molecule has 154 valence electrons. The fourth-order valence-electron chi connectivity index (χ4n) is 4.61. The fourth-order valence-corrected chi connectivity index (χ4v) is 4.61. The molecule has 7 nitrogen and oxygen atoms in total. The summed E-state index contributed by atoms with van der Waals surface area (Å²) in [6, 6.07) is 1.26. The van der Waals surface area contributed by atoms with Gasteiger partial charge in [-0.1, -0.05) is 24.4 Å². The SMILES string of the molecule is CC(=N)CC(C(=N)N1CCC(NC2CCCCC2)CC1)c1nc(C2CC2)no1. The second kappa shape index (κ2) is 8.72. The van der Waals surface area contributed by atoms with Gasteiger partial charge in [0.15, 0.2) is 5.82 Å². The van der Waals surface area contributed by atoms with Crippen molar-refractivity contribution in [3.05, 3.63) is 11.7 Å². The maximum absolute atomic E-state index is 8.80. The van der Waals surface area contributed by atoms with E-state index in [0.717, 1.165) is 44.6 Å². The number of hydrogen-bond acceptors (Lipinski definition) is 6. The van der Waals surface area contributed by atoms with E-state index in [0.29, 0.717) is 41.9 Å². The second-order valence-corrected chi connectivity index (χ2v) is 8.95. The monoisotopic (exact) mass is 386 g/mol. The van der Waals surface area contributed by atoms with Gasteiger partial charge in [-0.25, -0.2) is 0 Å². The van der Waals surface area contributed by atoms with Crippen LogP contribution >= 0.6 is 0 Å². The molecule has 1 saturated heterocycles. The van der Waals surface area contributed by atoms with Crippen LogP contribution in [-0.2, 0) is 0 Å². The molecular weight excluding hydrogens is 352 g/mol. The second-order valence-electron chi connectivity index (χ2n) is 8.95. The van der Waals surface area contributed by atoms with Crippen molar-refractivity contribution < 1.29 is 4.52 Å². The molecule has 0 radical (unpaired) electrons. The van der Waals surface area contributed by atoms with Crippen molar-refractivity contribution in [3.8, 4) is 0 Å². The molecule has 3 fully saturated rings. The molecule has 7 heteroatoms. The Hall–Kier alpha value is -1.76. The Kier molecular flexibility index (Phi) is 6.09. The molecule has 0 bridgehead atoms. The van der Waals surface area contributed by atoms with E-state index in [9.17, 15) is 0 Å². The number of aromatic nitrogens is 2. The van der Waals surface area contributed by atoms with Crippen LogP contribution in [0.5, 0.6) is 0 Å². The van der Waals surface area contributed by atoms with Gasteiger partial charge < -0.3 is 20.1 Å². The molecule has 3 N–H and O–H groups in total. The predicted octanol–water partition coefficient (Wildman–Crippen LogP) is 3.82. The average Bonchev–Trinajstić information content (AvgIpc) is 3.44. The molecule has 1 aromatic heterocycles. The first-order valence-electron chi connectivity index (χ1n) is 11.1. The van der Waals surface area contributed by atoms with E-state index in [2.05, 4.69) is 20.4 Å². The summed E-state index contributed by atoms with van der Waals surface area (Å²) < 4.78 is 5.52. The number of likely N-dealkylation sites (tertiary alicyclic amines) is 1. The Morgan fingerprint density at radius 3 is 2.39 bits per heavy atom. The first-order chi connectivity index (χ1) is 13.6. The van der Waals surface area contributed by atoms with E-state index in [1.165, 1.54) is 32.1 Å². The van der Waals surface area contributed by atoms with Crippen LogP contribution in [0.3, 0.4) is 0 Å². The van der Waals surface area contributed by atoms with Crippen LogP contribution in [0, 0.1) is 10.8 Å². The van der Waals surface area contributed by atoms with Crippen molar-refractivity contribution in [2.75, 3.05) is 13.1 Å². The lowest BCUT2D eigenvalue weighted by atomic mass is 9.93. The van der Waals surface area contributed by atoms with Crippen LogP contribution in [0.1, 0.15) is 94.7 Å². The van der Waals surface area contributed by atoms with Crippen molar-refractivity contribution in [3.63, 3.8) is 0 Å². The zero-order chi connectivity index (χ0) is 19.5. The number of nitrogens with zero attached hydrogens (tertiary/aromatic N) is 3. The Labute approximate surface area is 167 Å².